The van der Waals surface area contributed by atoms with Crippen LogP contribution in [0.1, 0.15) is 71.6 Å². The van der Waals surface area contributed by atoms with Crippen LogP contribution in [0.4, 0.5) is 0 Å². The maximum absolute atomic E-state index is 11.2. The average Bonchev–Trinajstić information content (AvgIpc) is 2.36. The van der Waals surface area contributed by atoms with Crippen molar-refractivity contribution >= 4 is 5.91 Å². The van der Waals surface area contributed by atoms with Gasteiger partial charge in [-0.15, -0.1) is 0 Å². The van der Waals surface area contributed by atoms with Gasteiger partial charge < -0.3 is 10.6 Å². The van der Waals surface area contributed by atoms with Crippen molar-refractivity contribution in [3.05, 3.63) is 0 Å². The van der Waals surface area contributed by atoms with Gasteiger partial charge in [-0.2, -0.15) is 0 Å². The van der Waals surface area contributed by atoms with Gasteiger partial charge in [0.2, 0.25) is 5.91 Å². The van der Waals surface area contributed by atoms with Crippen LogP contribution >= 0.6 is 0 Å². The van der Waals surface area contributed by atoms with Crippen LogP contribution < -0.4 is 10.6 Å². The lowest BCUT2D eigenvalue weighted by Crippen LogP contribution is -2.27. The first kappa shape index (κ1) is 17.4. The average molecular weight is 256 g/mol. The molecule has 0 bridgehead atoms. The van der Waals surface area contributed by atoms with Crippen molar-refractivity contribution in [1.82, 2.24) is 10.6 Å². The Morgan fingerprint density at radius 3 is 2.06 bits per heavy atom. The second-order valence-corrected chi connectivity index (χ2v) is 4.93. The zero-order valence-electron chi connectivity index (χ0n) is 12.4. The molecule has 0 radical (unpaired) electrons. The fourth-order valence-electron chi connectivity index (χ4n) is 2.00. The van der Waals surface area contributed by atoms with E-state index < -0.39 is 0 Å². The minimum Gasteiger partial charge on any atom is -0.356 e. The number of unbranched alkanes of at least 4 members (excludes halogenated alkanes) is 7. The summed E-state index contributed by atoms with van der Waals surface area (Å²) in [6, 6.07) is 0. The van der Waals surface area contributed by atoms with Crippen molar-refractivity contribution in [3.8, 4) is 0 Å². The molecule has 0 aromatic carbocycles. The van der Waals surface area contributed by atoms with Crippen LogP contribution in [0.15, 0.2) is 0 Å². The summed E-state index contributed by atoms with van der Waals surface area (Å²) in [6.45, 7) is 6.80. The first-order valence-electron chi connectivity index (χ1n) is 7.78. The summed E-state index contributed by atoms with van der Waals surface area (Å²) in [5, 5.41) is 6.13. The van der Waals surface area contributed by atoms with E-state index in [0.717, 1.165) is 19.6 Å². The van der Waals surface area contributed by atoms with E-state index in [1.54, 1.807) is 0 Å². The van der Waals surface area contributed by atoms with Gasteiger partial charge >= 0.3 is 0 Å². The minimum absolute atomic E-state index is 0.154. The van der Waals surface area contributed by atoms with Gasteiger partial charge in [0.05, 0.1) is 0 Å². The third-order valence-electron chi connectivity index (χ3n) is 3.11. The summed E-state index contributed by atoms with van der Waals surface area (Å²) in [4.78, 5) is 11.2. The molecule has 0 heterocycles. The summed E-state index contributed by atoms with van der Waals surface area (Å²) in [7, 11) is 0. The van der Waals surface area contributed by atoms with Crippen LogP contribution in [0.5, 0.6) is 0 Å². The Bertz CT molecular complexity index is 183. The fourth-order valence-corrected chi connectivity index (χ4v) is 2.00. The van der Waals surface area contributed by atoms with E-state index in [-0.39, 0.29) is 5.91 Å². The number of rotatable bonds is 13. The molecule has 18 heavy (non-hydrogen) atoms. The van der Waals surface area contributed by atoms with Gasteiger partial charge in [0.25, 0.3) is 0 Å². The predicted octanol–water partition coefficient (Wildman–Crippen LogP) is 3.24. The van der Waals surface area contributed by atoms with Crippen LogP contribution in [0, 0.1) is 0 Å². The molecule has 0 rings (SSSR count). The Morgan fingerprint density at radius 2 is 1.44 bits per heavy atom. The molecule has 2 N–H and O–H groups in total. The van der Waals surface area contributed by atoms with E-state index in [0.29, 0.717) is 6.42 Å². The van der Waals surface area contributed by atoms with Gasteiger partial charge in [0, 0.05) is 19.5 Å². The summed E-state index contributed by atoms with van der Waals surface area (Å²) in [5.41, 5.74) is 0. The third-order valence-corrected chi connectivity index (χ3v) is 3.11. The molecule has 0 spiro atoms. The van der Waals surface area contributed by atoms with Gasteiger partial charge in [0.1, 0.15) is 0 Å². The quantitative estimate of drug-likeness (QED) is 0.497. The maximum Gasteiger partial charge on any atom is 0.221 e. The summed E-state index contributed by atoms with van der Waals surface area (Å²) in [6.07, 6.45) is 11.4. The summed E-state index contributed by atoms with van der Waals surface area (Å²) >= 11 is 0. The van der Waals surface area contributed by atoms with E-state index in [9.17, 15) is 4.79 Å². The Labute approximate surface area is 113 Å². The molecule has 1 amide bonds. The predicted molar refractivity (Wildman–Crippen MR) is 78.8 cm³/mol. The van der Waals surface area contributed by atoms with Crippen molar-refractivity contribution in [2.24, 2.45) is 0 Å². The lowest BCUT2D eigenvalue weighted by atomic mass is 10.1. The maximum atomic E-state index is 11.2. The number of hydrogen-bond donors (Lipinski definition) is 2. The van der Waals surface area contributed by atoms with Crippen molar-refractivity contribution in [2.45, 2.75) is 71.6 Å². The molecule has 0 atom stereocenters. The highest BCUT2D eigenvalue weighted by Crippen LogP contribution is 2.07. The van der Waals surface area contributed by atoms with Gasteiger partial charge in [0.15, 0.2) is 0 Å². The molecular formula is C15H32N2O. The second-order valence-electron chi connectivity index (χ2n) is 4.93. The fraction of sp³-hybridized carbons (Fsp3) is 0.933. The van der Waals surface area contributed by atoms with Crippen molar-refractivity contribution in [1.29, 1.82) is 0 Å². The number of nitrogens with one attached hydrogen (secondary N) is 2. The topological polar surface area (TPSA) is 41.1 Å². The van der Waals surface area contributed by atoms with E-state index in [1.807, 2.05) is 6.92 Å². The molecule has 3 heteroatoms. The van der Waals surface area contributed by atoms with E-state index in [1.165, 1.54) is 51.4 Å². The normalized spacial score (nSPS) is 10.6. The molecule has 0 fully saturated rings. The first-order valence-corrected chi connectivity index (χ1v) is 7.78. The van der Waals surface area contributed by atoms with Gasteiger partial charge in [-0.25, -0.2) is 0 Å². The molecule has 0 aromatic heterocycles. The molecule has 108 valence electrons. The summed E-state index contributed by atoms with van der Waals surface area (Å²) in [5.74, 6) is 0.154. The third kappa shape index (κ3) is 13.5. The van der Waals surface area contributed by atoms with Crippen LogP contribution in [0.25, 0.3) is 0 Å². The first-order chi connectivity index (χ1) is 8.81. The van der Waals surface area contributed by atoms with Crippen LogP contribution in [-0.4, -0.2) is 25.5 Å². The highest BCUT2D eigenvalue weighted by molar-refractivity contribution is 5.75. The van der Waals surface area contributed by atoms with E-state index >= 15 is 0 Å². The Hall–Kier alpha value is -0.570. The Kier molecular flexibility index (Phi) is 14.0. The smallest absolute Gasteiger partial charge is 0.221 e. The van der Waals surface area contributed by atoms with Crippen molar-refractivity contribution < 1.29 is 4.79 Å². The largest absolute Gasteiger partial charge is 0.356 e. The number of carbonyl (C=O) groups is 1. The number of hydrogen-bond acceptors (Lipinski definition) is 2. The Morgan fingerprint density at radius 1 is 0.833 bits per heavy atom. The van der Waals surface area contributed by atoms with Gasteiger partial charge in [-0.1, -0.05) is 51.9 Å². The molecule has 0 aliphatic heterocycles. The molecule has 0 aromatic rings. The summed E-state index contributed by atoms with van der Waals surface area (Å²) < 4.78 is 0. The van der Waals surface area contributed by atoms with Crippen molar-refractivity contribution in [3.63, 3.8) is 0 Å². The van der Waals surface area contributed by atoms with E-state index in [2.05, 4.69) is 17.6 Å². The standard InChI is InChI=1S/C15H32N2O/c1-3-5-6-7-8-9-10-11-13-16-14-12-15(18)17-4-2/h16H,3-14H2,1-2H3,(H,17,18). The zero-order valence-corrected chi connectivity index (χ0v) is 12.4. The monoisotopic (exact) mass is 256 g/mol. The molecule has 0 aliphatic carbocycles. The number of carbonyl (C=O) groups excluding carboxylic acids is 1. The van der Waals surface area contributed by atoms with Gasteiger partial charge in [-0.3, -0.25) is 4.79 Å². The van der Waals surface area contributed by atoms with Crippen LogP contribution in [0.3, 0.4) is 0 Å². The molecular weight excluding hydrogens is 224 g/mol. The SMILES string of the molecule is CCCCCCCCCCNCCC(=O)NCC. The van der Waals surface area contributed by atoms with Gasteiger partial charge in [-0.05, 0) is 19.9 Å². The molecule has 0 saturated carbocycles. The van der Waals surface area contributed by atoms with Crippen LogP contribution in [0.2, 0.25) is 0 Å². The second kappa shape index (κ2) is 14.5. The van der Waals surface area contributed by atoms with Crippen molar-refractivity contribution in [2.75, 3.05) is 19.6 Å². The molecule has 3 nitrogen and oxygen atoms in total. The lowest BCUT2D eigenvalue weighted by Gasteiger charge is -2.05. The zero-order chi connectivity index (χ0) is 13.5. The molecule has 0 unspecified atom stereocenters. The lowest BCUT2D eigenvalue weighted by molar-refractivity contribution is -0.120. The van der Waals surface area contributed by atoms with Crippen LogP contribution in [-0.2, 0) is 4.79 Å². The van der Waals surface area contributed by atoms with E-state index in [4.69, 9.17) is 0 Å². The highest BCUT2D eigenvalue weighted by Gasteiger charge is 1.97. The molecule has 0 aliphatic rings. The Balaban J connectivity index is 3.01. The highest BCUT2D eigenvalue weighted by atomic mass is 16.1. The number of amides is 1. The molecule has 0 saturated heterocycles. The minimum atomic E-state index is 0.154.